The summed E-state index contributed by atoms with van der Waals surface area (Å²) in [7, 11) is 0. The van der Waals surface area contributed by atoms with Crippen LogP contribution >= 0.6 is 0 Å². The van der Waals surface area contributed by atoms with Crippen LogP contribution in [0, 0.1) is 6.92 Å². The van der Waals surface area contributed by atoms with Gasteiger partial charge in [0.05, 0.1) is 5.69 Å². The van der Waals surface area contributed by atoms with Gasteiger partial charge >= 0.3 is 5.69 Å². The van der Waals surface area contributed by atoms with Gasteiger partial charge in [0.25, 0.3) is 0 Å². The molecule has 2 rings (SSSR count). The maximum absolute atomic E-state index is 12.5. The first-order valence-corrected chi connectivity index (χ1v) is 7.49. The summed E-state index contributed by atoms with van der Waals surface area (Å²) >= 11 is 0. The highest BCUT2D eigenvalue weighted by Gasteiger charge is 2.13. The summed E-state index contributed by atoms with van der Waals surface area (Å²) in [5, 5.41) is 2.76. The molecule has 0 atom stereocenters. The molecule has 0 aliphatic heterocycles. The Kier molecular flexibility index (Phi) is 4.83. The van der Waals surface area contributed by atoms with E-state index in [2.05, 4.69) is 5.32 Å². The lowest BCUT2D eigenvalue weighted by atomic mass is 10.1. The summed E-state index contributed by atoms with van der Waals surface area (Å²) in [6.07, 6.45) is 1.65. The van der Waals surface area contributed by atoms with Crippen molar-refractivity contribution in [3.8, 4) is 5.69 Å². The average molecular weight is 315 g/mol. The van der Waals surface area contributed by atoms with Crippen molar-refractivity contribution in [2.45, 2.75) is 40.3 Å². The molecule has 6 nitrogen and oxygen atoms in total. The Balaban J connectivity index is 2.32. The zero-order chi connectivity index (χ0) is 17.1. The predicted molar refractivity (Wildman–Crippen MR) is 88.0 cm³/mol. The molecular formula is C17H21N3O3. The summed E-state index contributed by atoms with van der Waals surface area (Å²) < 4.78 is 2.90. The lowest BCUT2D eigenvalue weighted by Crippen LogP contribution is -2.36. The summed E-state index contributed by atoms with van der Waals surface area (Å²) in [6, 6.07) is 6.85. The highest BCUT2D eigenvalue weighted by atomic mass is 16.2. The number of nitrogens with one attached hydrogen (secondary N) is 1. The normalized spacial score (nSPS) is 10.8. The monoisotopic (exact) mass is 315 g/mol. The second-order valence-electron chi connectivity index (χ2n) is 5.84. The number of rotatable bonds is 5. The third-order valence-corrected chi connectivity index (χ3v) is 3.43. The quantitative estimate of drug-likeness (QED) is 0.853. The van der Waals surface area contributed by atoms with Gasteiger partial charge in [-0.2, -0.15) is 0 Å². The van der Waals surface area contributed by atoms with Crippen molar-refractivity contribution in [1.29, 1.82) is 0 Å². The van der Waals surface area contributed by atoms with E-state index in [1.807, 2.05) is 13.8 Å². The molecule has 0 saturated heterocycles. The topological polar surface area (TPSA) is 73.1 Å². The SMILES string of the molecule is CC(=O)c1ccc(-n2c(C)cn(CC(=O)NC(C)C)c2=O)cc1. The Hall–Kier alpha value is -2.63. The van der Waals surface area contributed by atoms with Crippen LogP contribution in [-0.2, 0) is 11.3 Å². The van der Waals surface area contributed by atoms with Gasteiger partial charge < -0.3 is 5.32 Å². The smallest absolute Gasteiger partial charge is 0.333 e. The number of aromatic nitrogens is 2. The van der Waals surface area contributed by atoms with Crippen LogP contribution in [0.25, 0.3) is 5.69 Å². The van der Waals surface area contributed by atoms with Gasteiger partial charge in [-0.1, -0.05) is 0 Å². The maximum atomic E-state index is 12.5. The van der Waals surface area contributed by atoms with E-state index in [1.54, 1.807) is 37.4 Å². The van der Waals surface area contributed by atoms with E-state index < -0.39 is 0 Å². The number of carbonyl (C=O) groups is 2. The maximum Gasteiger partial charge on any atom is 0.333 e. The first-order chi connectivity index (χ1) is 10.8. The molecule has 0 unspecified atom stereocenters. The Morgan fingerprint density at radius 2 is 1.78 bits per heavy atom. The number of benzene rings is 1. The fourth-order valence-electron chi connectivity index (χ4n) is 2.41. The van der Waals surface area contributed by atoms with Crippen LogP contribution in [0.5, 0.6) is 0 Å². The minimum atomic E-state index is -0.281. The number of carbonyl (C=O) groups excluding carboxylic acids is 2. The molecule has 0 aliphatic rings. The molecule has 6 heteroatoms. The number of amides is 1. The number of Topliss-reactive ketones (excluding diaryl/α,β-unsaturated/α-hetero) is 1. The number of hydrogen-bond acceptors (Lipinski definition) is 3. The molecule has 1 heterocycles. The number of nitrogens with zero attached hydrogens (tertiary/aromatic N) is 2. The molecule has 2 aromatic rings. The van der Waals surface area contributed by atoms with Crippen molar-refractivity contribution in [2.24, 2.45) is 0 Å². The standard InChI is InChI=1S/C17H21N3O3/c1-11(2)18-16(22)10-19-9-12(3)20(17(19)23)15-7-5-14(6-8-15)13(4)21/h5-9,11H,10H2,1-4H3,(H,18,22). The van der Waals surface area contributed by atoms with Crippen molar-refractivity contribution in [2.75, 3.05) is 0 Å². The summed E-state index contributed by atoms with van der Waals surface area (Å²) in [6.45, 7) is 7.02. The molecular weight excluding hydrogens is 294 g/mol. The summed E-state index contributed by atoms with van der Waals surface area (Å²) in [5.74, 6) is -0.227. The second-order valence-corrected chi connectivity index (χ2v) is 5.84. The number of ketones is 1. The average Bonchev–Trinajstić information content (AvgIpc) is 2.72. The van der Waals surface area contributed by atoms with Gasteiger partial charge in [0.2, 0.25) is 5.91 Å². The molecule has 23 heavy (non-hydrogen) atoms. The van der Waals surface area contributed by atoms with Crippen LogP contribution < -0.4 is 11.0 Å². The molecule has 0 bridgehead atoms. The Morgan fingerprint density at radius 3 is 2.30 bits per heavy atom. The van der Waals surface area contributed by atoms with Crippen molar-refractivity contribution in [1.82, 2.24) is 14.5 Å². The fraction of sp³-hybridized carbons (Fsp3) is 0.353. The van der Waals surface area contributed by atoms with Gasteiger partial charge in [0.1, 0.15) is 6.54 Å². The molecule has 1 aromatic carbocycles. The van der Waals surface area contributed by atoms with E-state index in [-0.39, 0.29) is 30.0 Å². The summed E-state index contributed by atoms with van der Waals surface area (Å²) in [5.41, 5.74) is 1.70. The highest BCUT2D eigenvalue weighted by Crippen LogP contribution is 2.11. The van der Waals surface area contributed by atoms with Crippen molar-refractivity contribution < 1.29 is 9.59 Å². The number of aryl methyl sites for hydroxylation is 1. The highest BCUT2D eigenvalue weighted by molar-refractivity contribution is 5.94. The van der Waals surface area contributed by atoms with Crippen molar-refractivity contribution >= 4 is 11.7 Å². The first kappa shape index (κ1) is 16.7. The van der Waals surface area contributed by atoms with E-state index in [0.717, 1.165) is 5.69 Å². The molecule has 0 radical (unpaired) electrons. The molecule has 0 aliphatic carbocycles. The first-order valence-electron chi connectivity index (χ1n) is 7.49. The van der Waals surface area contributed by atoms with Gasteiger partial charge in [-0.05, 0) is 52.0 Å². The van der Waals surface area contributed by atoms with Gasteiger partial charge in [-0.25, -0.2) is 4.79 Å². The molecule has 1 N–H and O–H groups in total. The lowest BCUT2D eigenvalue weighted by Gasteiger charge is -2.08. The number of imidazole rings is 1. The van der Waals surface area contributed by atoms with Crippen molar-refractivity contribution in [3.63, 3.8) is 0 Å². The molecule has 0 fully saturated rings. The molecule has 1 aromatic heterocycles. The second kappa shape index (κ2) is 6.64. The Labute approximate surface area is 134 Å². The lowest BCUT2D eigenvalue weighted by molar-refractivity contribution is -0.122. The van der Waals surface area contributed by atoms with E-state index in [0.29, 0.717) is 11.3 Å². The van der Waals surface area contributed by atoms with E-state index in [9.17, 15) is 14.4 Å². The predicted octanol–water partition coefficient (Wildman–Crippen LogP) is 1.67. The van der Waals surface area contributed by atoms with Crippen LogP contribution in [0.4, 0.5) is 0 Å². The molecule has 0 spiro atoms. The Bertz CT molecular complexity index is 782. The van der Waals surface area contributed by atoms with Gasteiger partial charge in [0.15, 0.2) is 5.78 Å². The van der Waals surface area contributed by atoms with Crippen LogP contribution in [0.3, 0.4) is 0 Å². The third-order valence-electron chi connectivity index (χ3n) is 3.43. The molecule has 1 amide bonds. The molecule has 0 saturated carbocycles. The number of hydrogen-bond donors (Lipinski definition) is 1. The van der Waals surface area contributed by atoms with Gasteiger partial charge in [-0.15, -0.1) is 0 Å². The van der Waals surface area contributed by atoms with Crippen LogP contribution in [0.2, 0.25) is 0 Å². The minimum Gasteiger partial charge on any atom is -0.352 e. The van der Waals surface area contributed by atoms with Crippen LogP contribution in [0.15, 0.2) is 35.3 Å². The minimum absolute atomic E-state index is 0.0175. The fourth-order valence-corrected chi connectivity index (χ4v) is 2.41. The van der Waals surface area contributed by atoms with E-state index >= 15 is 0 Å². The zero-order valence-corrected chi connectivity index (χ0v) is 13.8. The molecule has 122 valence electrons. The van der Waals surface area contributed by atoms with E-state index in [4.69, 9.17) is 0 Å². The summed E-state index contributed by atoms with van der Waals surface area (Å²) in [4.78, 5) is 35.7. The zero-order valence-electron chi connectivity index (χ0n) is 13.8. The third kappa shape index (κ3) is 3.77. The van der Waals surface area contributed by atoms with Crippen LogP contribution in [0.1, 0.15) is 36.8 Å². The Morgan fingerprint density at radius 1 is 1.17 bits per heavy atom. The largest absolute Gasteiger partial charge is 0.352 e. The van der Waals surface area contributed by atoms with Gasteiger partial charge in [-0.3, -0.25) is 18.7 Å². The van der Waals surface area contributed by atoms with Crippen LogP contribution in [-0.4, -0.2) is 26.9 Å². The van der Waals surface area contributed by atoms with Crippen molar-refractivity contribution in [3.05, 3.63) is 52.2 Å². The van der Waals surface area contributed by atoms with Gasteiger partial charge in [0, 0.05) is 23.5 Å². The van der Waals surface area contributed by atoms with E-state index in [1.165, 1.54) is 16.1 Å².